The van der Waals surface area contributed by atoms with Crippen molar-refractivity contribution in [3.63, 3.8) is 0 Å². The van der Waals surface area contributed by atoms with Gasteiger partial charge in [-0.2, -0.15) is 4.31 Å². The molecule has 0 aliphatic carbocycles. The number of benzene rings is 1. The van der Waals surface area contributed by atoms with E-state index in [-0.39, 0.29) is 4.90 Å². The first-order valence-corrected chi connectivity index (χ1v) is 10.2. The first-order valence-electron chi connectivity index (χ1n) is 8.76. The molecule has 1 aromatic carbocycles. The van der Waals surface area contributed by atoms with E-state index in [0.717, 1.165) is 25.6 Å². The molecule has 4 aliphatic heterocycles. The SMILES string of the molecule is O=S(=O)(c1ccc(F)cc1)N1CCN(C2CN3CCC2CC3)CC1. The van der Waals surface area contributed by atoms with Gasteiger partial charge in [-0.25, -0.2) is 12.8 Å². The van der Waals surface area contributed by atoms with Crippen LogP contribution in [0, 0.1) is 11.7 Å². The van der Waals surface area contributed by atoms with Gasteiger partial charge in [0, 0.05) is 38.8 Å². The number of halogens is 1. The van der Waals surface area contributed by atoms with Crippen molar-refractivity contribution >= 4 is 10.0 Å². The number of sulfonamides is 1. The molecule has 0 spiro atoms. The highest BCUT2D eigenvalue weighted by atomic mass is 32.2. The highest BCUT2D eigenvalue weighted by molar-refractivity contribution is 7.89. The van der Waals surface area contributed by atoms with E-state index in [9.17, 15) is 12.8 Å². The highest BCUT2D eigenvalue weighted by Gasteiger charge is 2.39. The molecule has 0 radical (unpaired) electrons. The lowest BCUT2D eigenvalue weighted by Crippen LogP contribution is -2.61. The zero-order valence-electron chi connectivity index (χ0n) is 13.8. The van der Waals surface area contributed by atoms with Crippen molar-refractivity contribution in [2.45, 2.75) is 23.8 Å². The van der Waals surface area contributed by atoms with Crippen LogP contribution in [0.15, 0.2) is 29.2 Å². The second-order valence-corrected chi connectivity index (χ2v) is 9.04. The number of fused-ring (bicyclic) bond motifs is 3. The van der Waals surface area contributed by atoms with E-state index in [0.29, 0.717) is 19.1 Å². The number of piperidine rings is 3. The van der Waals surface area contributed by atoms with Gasteiger partial charge in [-0.1, -0.05) is 0 Å². The van der Waals surface area contributed by atoms with E-state index in [1.807, 2.05) is 0 Å². The van der Waals surface area contributed by atoms with Crippen LogP contribution in [0.2, 0.25) is 0 Å². The van der Waals surface area contributed by atoms with Crippen LogP contribution in [-0.2, 0) is 10.0 Å². The zero-order valence-corrected chi connectivity index (χ0v) is 14.6. The van der Waals surface area contributed by atoms with Crippen molar-refractivity contribution in [2.75, 3.05) is 45.8 Å². The summed E-state index contributed by atoms with van der Waals surface area (Å²) in [4.78, 5) is 5.19. The minimum atomic E-state index is -3.51. The molecule has 0 saturated carbocycles. The van der Waals surface area contributed by atoms with E-state index in [2.05, 4.69) is 9.80 Å². The molecule has 0 amide bonds. The predicted molar refractivity (Wildman–Crippen MR) is 89.7 cm³/mol. The highest BCUT2D eigenvalue weighted by Crippen LogP contribution is 2.31. The van der Waals surface area contributed by atoms with Gasteiger partial charge in [0.1, 0.15) is 5.82 Å². The van der Waals surface area contributed by atoms with Gasteiger partial charge in [-0.05, 0) is 56.1 Å². The monoisotopic (exact) mass is 353 g/mol. The summed E-state index contributed by atoms with van der Waals surface area (Å²) in [5.74, 6) is 0.358. The summed E-state index contributed by atoms with van der Waals surface area (Å²) < 4.78 is 39.9. The topological polar surface area (TPSA) is 43.9 Å². The van der Waals surface area contributed by atoms with Crippen molar-refractivity contribution in [1.82, 2.24) is 14.1 Å². The van der Waals surface area contributed by atoms with E-state index >= 15 is 0 Å². The van der Waals surface area contributed by atoms with Crippen LogP contribution >= 0.6 is 0 Å². The Balaban J connectivity index is 1.41. The van der Waals surface area contributed by atoms with Crippen LogP contribution in [0.25, 0.3) is 0 Å². The summed E-state index contributed by atoms with van der Waals surface area (Å²) in [6, 6.07) is 5.70. The number of nitrogens with zero attached hydrogens (tertiary/aromatic N) is 3. The van der Waals surface area contributed by atoms with Crippen molar-refractivity contribution < 1.29 is 12.8 Å². The third-order valence-corrected chi connectivity index (χ3v) is 7.73. The number of rotatable bonds is 3. The standard InChI is InChI=1S/C17H24FN3O2S/c18-15-1-3-16(4-2-15)24(22,23)21-11-9-20(10-12-21)17-13-19-7-5-14(17)6-8-19/h1-4,14,17H,5-13H2. The molecule has 1 aromatic rings. The summed E-state index contributed by atoms with van der Waals surface area (Å²) >= 11 is 0. The zero-order chi connectivity index (χ0) is 16.7. The summed E-state index contributed by atoms with van der Waals surface area (Å²) in [6.45, 7) is 6.19. The molecule has 5 nitrogen and oxygen atoms in total. The lowest BCUT2D eigenvalue weighted by molar-refractivity contribution is -0.00659. The fourth-order valence-corrected chi connectivity index (χ4v) is 5.80. The van der Waals surface area contributed by atoms with Crippen LogP contribution in [0.4, 0.5) is 4.39 Å². The van der Waals surface area contributed by atoms with Gasteiger partial charge in [0.15, 0.2) is 0 Å². The quantitative estimate of drug-likeness (QED) is 0.820. The molecule has 5 rings (SSSR count). The second kappa shape index (κ2) is 6.37. The third-order valence-electron chi connectivity index (χ3n) is 5.82. The Morgan fingerprint density at radius 1 is 0.917 bits per heavy atom. The first-order chi connectivity index (χ1) is 11.5. The minimum absolute atomic E-state index is 0.181. The van der Waals surface area contributed by atoms with Crippen molar-refractivity contribution in [3.05, 3.63) is 30.1 Å². The van der Waals surface area contributed by atoms with Gasteiger partial charge >= 0.3 is 0 Å². The molecule has 0 aromatic heterocycles. The second-order valence-electron chi connectivity index (χ2n) is 7.10. The molecule has 0 N–H and O–H groups in total. The van der Waals surface area contributed by atoms with Gasteiger partial charge in [0.25, 0.3) is 0 Å². The Bertz CT molecular complexity index is 678. The predicted octanol–water partition coefficient (Wildman–Crippen LogP) is 1.23. The van der Waals surface area contributed by atoms with Crippen LogP contribution in [0.5, 0.6) is 0 Å². The lowest BCUT2D eigenvalue weighted by Gasteiger charge is -2.50. The molecule has 4 saturated heterocycles. The first kappa shape index (κ1) is 16.4. The van der Waals surface area contributed by atoms with Crippen molar-refractivity contribution in [3.8, 4) is 0 Å². The Morgan fingerprint density at radius 3 is 2.08 bits per heavy atom. The van der Waals surface area contributed by atoms with E-state index in [1.165, 1.54) is 54.5 Å². The molecule has 1 unspecified atom stereocenters. The number of hydrogen-bond donors (Lipinski definition) is 0. The average Bonchev–Trinajstić information content (AvgIpc) is 2.63. The number of hydrogen-bond acceptors (Lipinski definition) is 4. The molecule has 4 aliphatic rings. The van der Waals surface area contributed by atoms with Gasteiger partial charge in [0.2, 0.25) is 10.0 Å². The normalized spacial score (nSPS) is 32.1. The molecule has 132 valence electrons. The van der Waals surface area contributed by atoms with Crippen molar-refractivity contribution in [2.24, 2.45) is 5.92 Å². The summed E-state index contributed by atoms with van der Waals surface area (Å²) in [5.41, 5.74) is 0. The molecular weight excluding hydrogens is 329 g/mol. The fraction of sp³-hybridized carbons (Fsp3) is 0.647. The van der Waals surface area contributed by atoms with Gasteiger partial charge < -0.3 is 4.90 Å². The maximum atomic E-state index is 13.0. The Morgan fingerprint density at radius 2 is 1.54 bits per heavy atom. The molecule has 24 heavy (non-hydrogen) atoms. The van der Waals surface area contributed by atoms with Gasteiger partial charge in [-0.3, -0.25) is 4.90 Å². The molecule has 2 bridgehead atoms. The Kier molecular flexibility index (Phi) is 4.36. The van der Waals surface area contributed by atoms with Crippen LogP contribution in [0.3, 0.4) is 0 Å². The maximum absolute atomic E-state index is 13.0. The van der Waals surface area contributed by atoms with Crippen LogP contribution in [-0.4, -0.2) is 74.4 Å². The molecule has 1 atom stereocenters. The van der Waals surface area contributed by atoms with Gasteiger partial charge in [-0.15, -0.1) is 0 Å². The summed E-state index contributed by atoms with van der Waals surface area (Å²) in [7, 11) is -3.51. The summed E-state index contributed by atoms with van der Waals surface area (Å²) in [6.07, 6.45) is 2.55. The molecular formula is C17H24FN3O2S. The smallest absolute Gasteiger partial charge is 0.243 e. The molecule has 4 fully saturated rings. The Hall–Kier alpha value is -1.02. The maximum Gasteiger partial charge on any atom is 0.243 e. The Labute approximate surface area is 143 Å². The van der Waals surface area contributed by atoms with Crippen LogP contribution in [0.1, 0.15) is 12.8 Å². The molecule has 7 heteroatoms. The van der Waals surface area contributed by atoms with Gasteiger partial charge in [0.05, 0.1) is 4.90 Å². The fourth-order valence-electron chi connectivity index (χ4n) is 4.38. The third kappa shape index (κ3) is 2.98. The van der Waals surface area contributed by atoms with E-state index in [4.69, 9.17) is 0 Å². The minimum Gasteiger partial charge on any atom is -0.302 e. The van der Waals surface area contributed by atoms with Crippen molar-refractivity contribution in [1.29, 1.82) is 0 Å². The van der Waals surface area contributed by atoms with Crippen LogP contribution < -0.4 is 0 Å². The largest absolute Gasteiger partial charge is 0.302 e. The molecule has 4 heterocycles. The summed E-state index contributed by atoms with van der Waals surface area (Å²) in [5, 5.41) is 0. The van der Waals surface area contributed by atoms with E-state index in [1.54, 1.807) is 0 Å². The number of piperazine rings is 1. The average molecular weight is 353 g/mol. The van der Waals surface area contributed by atoms with E-state index < -0.39 is 15.8 Å². The lowest BCUT2D eigenvalue weighted by atomic mass is 9.83.